The van der Waals surface area contributed by atoms with Gasteiger partial charge >= 0.3 is 6.09 Å². The van der Waals surface area contributed by atoms with Crippen LogP contribution < -0.4 is 4.90 Å². The minimum absolute atomic E-state index is 0.109. The van der Waals surface area contributed by atoms with Gasteiger partial charge in [-0.3, -0.25) is 9.80 Å². The highest BCUT2D eigenvalue weighted by Crippen LogP contribution is 2.47. The van der Waals surface area contributed by atoms with Gasteiger partial charge in [0.2, 0.25) is 0 Å². The van der Waals surface area contributed by atoms with E-state index in [0.29, 0.717) is 12.2 Å². The van der Waals surface area contributed by atoms with E-state index >= 15 is 0 Å². The molecule has 4 nitrogen and oxygen atoms in total. The minimum atomic E-state index is -0.956. The zero-order chi connectivity index (χ0) is 16.1. The van der Waals surface area contributed by atoms with Crippen molar-refractivity contribution in [1.29, 1.82) is 0 Å². The lowest BCUT2D eigenvalue weighted by Crippen LogP contribution is -2.51. The first-order valence-corrected chi connectivity index (χ1v) is 7.78. The lowest BCUT2D eigenvalue weighted by Gasteiger charge is -2.45. The number of halogens is 1. The highest BCUT2D eigenvalue weighted by atomic mass is 19.1. The molecule has 0 aromatic heterocycles. The van der Waals surface area contributed by atoms with Crippen molar-refractivity contribution >= 4 is 11.8 Å². The summed E-state index contributed by atoms with van der Waals surface area (Å²) in [5.41, 5.74) is 1.39. The third kappa shape index (κ3) is 2.37. The Kier molecular flexibility index (Phi) is 3.44. The largest absolute Gasteiger partial charge is 0.465 e. The topological polar surface area (TPSA) is 43.8 Å². The molecule has 5 heteroatoms. The summed E-state index contributed by atoms with van der Waals surface area (Å²) in [5.74, 6) is -0.288. The van der Waals surface area contributed by atoms with Gasteiger partial charge in [0.05, 0.1) is 5.69 Å². The molecule has 0 unspecified atom stereocenters. The molecule has 0 aliphatic carbocycles. The number of rotatable bonds is 0. The Bertz CT molecular complexity index is 601. The van der Waals surface area contributed by atoms with Crippen LogP contribution in [0.4, 0.5) is 14.9 Å². The number of fused-ring (bicyclic) bond motifs is 2. The number of hydrogen-bond acceptors (Lipinski definition) is 2. The maximum Gasteiger partial charge on any atom is 0.411 e. The van der Waals surface area contributed by atoms with Gasteiger partial charge in [-0.25, -0.2) is 9.18 Å². The maximum atomic E-state index is 13.7. The van der Waals surface area contributed by atoms with E-state index in [1.807, 2.05) is 0 Å². The molecular weight excluding hydrogens is 283 g/mol. The zero-order valence-electron chi connectivity index (χ0n) is 13.4. The third-order valence-corrected chi connectivity index (χ3v) is 5.18. The number of carboxylic acid groups (broad SMARTS) is 1. The Morgan fingerprint density at radius 3 is 2.45 bits per heavy atom. The number of amides is 1. The Balaban J connectivity index is 1.94. The SMILES string of the molecule is CC(C)(C)N1CCC2(CC1)CN(C(=O)O)c1ccc(F)cc12. The molecule has 2 aliphatic rings. The van der Waals surface area contributed by atoms with Crippen LogP contribution >= 0.6 is 0 Å². The van der Waals surface area contributed by atoms with E-state index in [0.717, 1.165) is 31.5 Å². The Hall–Kier alpha value is -1.62. The molecule has 1 saturated heterocycles. The second-order valence-corrected chi connectivity index (χ2v) is 7.47. The molecule has 0 radical (unpaired) electrons. The van der Waals surface area contributed by atoms with Gasteiger partial charge in [-0.2, -0.15) is 0 Å². The van der Waals surface area contributed by atoms with Crippen molar-refractivity contribution in [2.75, 3.05) is 24.5 Å². The number of hydrogen-bond donors (Lipinski definition) is 1. The van der Waals surface area contributed by atoms with Crippen molar-refractivity contribution in [3.63, 3.8) is 0 Å². The summed E-state index contributed by atoms with van der Waals surface area (Å²) in [5, 5.41) is 9.45. The highest BCUT2D eigenvalue weighted by molar-refractivity contribution is 5.90. The Morgan fingerprint density at radius 1 is 1.27 bits per heavy atom. The first-order valence-electron chi connectivity index (χ1n) is 7.78. The molecule has 1 fully saturated rings. The van der Waals surface area contributed by atoms with Gasteiger partial charge in [-0.1, -0.05) is 0 Å². The van der Waals surface area contributed by atoms with Crippen LogP contribution in [0.1, 0.15) is 39.2 Å². The summed E-state index contributed by atoms with van der Waals surface area (Å²) in [6, 6.07) is 4.48. The summed E-state index contributed by atoms with van der Waals surface area (Å²) in [4.78, 5) is 15.3. The van der Waals surface area contributed by atoms with Crippen molar-refractivity contribution in [3.05, 3.63) is 29.6 Å². The number of likely N-dealkylation sites (tertiary alicyclic amines) is 1. The van der Waals surface area contributed by atoms with Gasteiger partial charge < -0.3 is 5.11 Å². The summed E-state index contributed by atoms with van der Waals surface area (Å²) in [7, 11) is 0. The third-order valence-electron chi connectivity index (χ3n) is 5.18. The van der Waals surface area contributed by atoms with Gasteiger partial charge in [0.25, 0.3) is 0 Å². The van der Waals surface area contributed by atoms with Gasteiger partial charge in [0.1, 0.15) is 5.82 Å². The number of benzene rings is 1. The van der Waals surface area contributed by atoms with Crippen LogP contribution in [0, 0.1) is 5.82 Å². The van der Waals surface area contributed by atoms with E-state index in [-0.39, 0.29) is 16.8 Å². The molecule has 1 spiro atoms. The monoisotopic (exact) mass is 306 g/mol. The van der Waals surface area contributed by atoms with E-state index in [9.17, 15) is 14.3 Å². The Morgan fingerprint density at radius 2 is 1.91 bits per heavy atom. The second kappa shape index (κ2) is 4.95. The summed E-state index contributed by atoms with van der Waals surface area (Å²) in [6.07, 6.45) is 0.776. The molecule has 2 heterocycles. The van der Waals surface area contributed by atoms with Crippen LogP contribution in [0.2, 0.25) is 0 Å². The number of piperidine rings is 1. The van der Waals surface area contributed by atoms with Crippen LogP contribution in [0.25, 0.3) is 0 Å². The van der Waals surface area contributed by atoms with Crippen LogP contribution in [0.15, 0.2) is 18.2 Å². The molecule has 120 valence electrons. The highest BCUT2D eigenvalue weighted by Gasteiger charge is 2.47. The molecule has 1 N–H and O–H groups in total. The van der Waals surface area contributed by atoms with E-state index in [2.05, 4.69) is 25.7 Å². The normalized spacial score (nSPS) is 21.2. The molecular formula is C17H23FN2O2. The van der Waals surface area contributed by atoms with Crippen LogP contribution in [0.3, 0.4) is 0 Å². The van der Waals surface area contributed by atoms with E-state index < -0.39 is 6.09 Å². The second-order valence-electron chi connectivity index (χ2n) is 7.47. The number of nitrogens with zero attached hydrogens (tertiary/aromatic N) is 2. The molecule has 0 saturated carbocycles. The van der Waals surface area contributed by atoms with Gasteiger partial charge in [-0.05, 0) is 70.5 Å². The van der Waals surface area contributed by atoms with Crippen molar-refractivity contribution in [2.45, 2.75) is 44.6 Å². The first-order chi connectivity index (χ1) is 10.2. The van der Waals surface area contributed by atoms with Crippen molar-refractivity contribution < 1.29 is 14.3 Å². The fraction of sp³-hybridized carbons (Fsp3) is 0.588. The quantitative estimate of drug-likeness (QED) is 0.798. The summed E-state index contributed by atoms with van der Waals surface area (Å²) >= 11 is 0. The van der Waals surface area contributed by atoms with E-state index in [1.54, 1.807) is 6.07 Å². The van der Waals surface area contributed by atoms with Gasteiger partial charge in [0, 0.05) is 17.5 Å². The van der Waals surface area contributed by atoms with Crippen molar-refractivity contribution in [3.8, 4) is 0 Å². The molecule has 2 aliphatic heterocycles. The predicted octanol–water partition coefficient (Wildman–Crippen LogP) is 3.46. The minimum Gasteiger partial charge on any atom is -0.465 e. The molecule has 0 bridgehead atoms. The molecule has 1 amide bonds. The van der Waals surface area contributed by atoms with Crippen LogP contribution in [-0.4, -0.2) is 41.3 Å². The first kappa shape index (κ1) is 15.3. The molecule has 22 heavy (non-hydrogen) atoms. The van der Waals surface area contributed by atoms with Crippen molar-refractivity contribution in [1.82, 2.24) is 4.90 Å². The Labute approximate surface area is 130 Å². The van der Waals surface area contributed by atoms with Gasteiger partial charge in [-0.15, -0.1) is 0 Å². The zero-order valence-corrected chi connectivity index (χ0v) is 13.4. The summed E-state index contributed by atoms with van der Waals surface area (Å²) < 4.78 is 13.7. The number of anilines is 1. The predicted molar refractivity (Wildman–Crippen MR) is 84.0 cm³/mol. The molecule has 1 aromatic carbocycles. The fourth-order valence-corrected chi connectivity index (χ4v) is 3.85. The molecule has 0 atom stereocenters. The van der Waals surface area contributed by atoms with Crippen LogP contribution in [-0.2, 0) is 5.41 Å². The smallest absolute Gasteiger partial charge is 0.411 e. The van der Waals surface area contributed by atoms with E-state index in [4.69, 9.17) is 0 Å². The average Bonchev–Trinajstić information content (AvgIpc) is 2.73. The number of carbonyl (C=O) groups is 1. The fourth-order valence-electron chi connectivity index (χ4n) is 3.85. The standard InChI is InChI=1S/C17H23FN2O2/c1-16(2,3)19-8-6-17(7-9-19)11-20(15(21)22)14-5-4-12(18)10-13(14)17/h4-5,10H,6-9,11H2,1-3H3,(H,21,22). The van der Waals surface area contributed by atoms with E-state index in [1.165, 1.54) is 17.0 Å². The lowest BCUT2D eigenvalue weighted by atomic mass is 9.73. The molecule has 1 aromatic rings. The average molecular weight is 306 g/mol. The van der Waals surface area contributed by atoms with Crippen LogP contribution in [0.5, 0.6) is 0 Å². The maximum absolute atomic E-state index is 13.7. The lowest BCUT2D eigenvalue weighted by molar-refractivity contribution is 0.0781. The molecule has 3 rings (SSSR count). The summed E-state index contributed by atoms with van der Waals surface area (Å²) in [6.45, 7) is 8.84. The van der Waals surface area contributed by atoms with Crippen molar-refractivity contribution in [2.24, 2.45) is 0 Å². The van der Waals surface area contributed by atoms with Gasteiger partial charge in [0.15, 0.2) is 0 Å².